The van der Waals surface area contributed by atoms with E-state index in [9.17, 15) is 17.6 Å². The van der Waals surface area contributed by atoms with Gasteiger partial charge in [0.1, 0.15) is 0 Å². The predicted octanol–water partition coefficient (Wildman–Crippen LogP) is 8.98. The molecule has 0 spiro atoms. The highest BCUT2D eigenvalue weighted by molar-refractivity contribution is 5.67. The summed E-state index contributed by atoms with van der Waals surface area (Å²) in [5.41, 5.74) is 1.77. The molecule has 0 aromatic heterocycles. The first-order valence-electron chi connectivity index (χ1n) is 10.5. The first-order valence-corrected chi connectivity index (χ1v) is 10.5. The van der Waals surface area contributed by atoms with Crippen LogP contribution in [0.3, 0.4) is 0 Å². The zero-order chi connectivity index (χ0) is 22.5. The van der Waals surface area contributed by atoms with E-state index in [2.05, 4.69) is 13.2 Å². The molecule has 4 heteroatoms. The van der Waals surface area contributed by atoms with Crippen molar-refractivity contribution in [3.8, 4) is 11.1 Å². The van der Waals surface area contributed by atoms with Crippen LogP contribution < -0.4 is 0 Å². The molecule has 0 nitrogen and oxygen atoms in total. The number of hydrogen-bond donors (Lipinski definition) is 0. The van der Waals surface area contributed by atoms with Gasteiger partial charge in [0.15, 0.2) is 23.3 Å². The minimum absolute atomic E-state index is 0.0137. The van der Waals surface area contributed by atoms with Gasteiger partial charge in [0.05, 0.1) is 0 Å². The summed E-state index contributed by atoms with van der Waals surface area (Å²) < 4.78 is 57.0. The predicted molar refractivity (Wildman–Crippen MR) is 120 cm³/mol. The van der Waals surface area contributed by atoms with E-state index in [1.165, 1.54) is 13.0 Å². The second kappa shape index (κ2) is 9.95. The van der Waals surface area contributed by atoms with Gasteiger partial charge in [0.25, 0.3) is 0 Å². The molecular formula is C27H26F4. The Labute approximate surface area is 181 Å². The molecule has 2 aromatic carbocycles. The van der Waals surface area contributed by atoms with Crippen LogP contribution in [0.2, 0.25) is 0 Å². The number of hydrogen-bond acceptors (Lipinski definition) is 0. The minimum atomic E-state index is -1.06. The summed E-state index contributed by atoms with van der Waals surface area (Å²) in [6.45, 7) is 8.25. The maximum atomic E-state index is 14.8. The third-order valence-corrected chi connectivity index (χ3v) is 5.71. The monoisotopic (exact) mass is 426 g/mol. The molecule has 0 radical (unpaired) electrons. The molecule has 0 heterocycles. The lowest BCUT2D eigenvalue weighted by Gasteiger charge is -2.23. The Kier molecular flexibility index (Phi) is 7.32. The fourth-order valence-electron chi connectivity index (χ4n) is 3.89. The highest BCUT2D eigenvalue weighted by atomic mass is 19.2. The second-order valence-electron chi connectivity index (χ2n) is 8.05. The van der Waals surface area contributed by atoms with E-state index < -0.39 is 23.3 Å². The summed E-state index contributed by atoms with van der Waals surface area (Å²) in [4.78, 5) is 0. The number of rotatable bonds is 6. The van der Waals surface area contributed by atoms with Gasteiger partial charge in [-0.05, 0) is 47.9 Å². The second-order valence-corrected chi connectivity index (χ2v) is 8.05. The van der Waals surface area contributed by atoms with Crippen molar-refractivity contribution in [2.45, 2.75) is 44.9 Å². The summed E-state index contributed by atoms with van der Waals surface area (Å²) in [5, 5.41) is 0. The molecule has 0 N–H and O–H groups in total. The molecular weight excluding hydrogens is 400 g/mol. The SMILES string of the molecule is C=C(C)/C(F)=C(/F)C(=C)/C=C/c1ccc(-c2ccc(C3CCCCC3)c(F)c2F)cc1. The standard InChI is InChI=1S/C27H26F4/c1-17(2)24(28)25(29)18(3)9-10-19-11-13-21(14-12-19)23-16-15-22(26(30)27(23)31)20-7-5-4-6-8-20/h9-16,20H,1,3-8H2,2H3/b10-9+,25-24-. The van der Waals surface area contributed by atoms with Crippen molar-refractivity contribution in [1.82, 2.24) is 0 Å². The van der Waals surface area contributed by atoms with Gasteiger partial charge in [0, 0.05) is 11.1 Å². The van der Waals surface area contributed by atoms with Gasteiger partial charge < -0.3 is 0 Å². The van der Waals surface area contributed by atoms with Crippen LogP contribution in [-0.4, -0.2) is 0 Å². The average Bonchev–Trinajstić information content (AvgIpc) is 2.79. The van der Waals surface area contributed by atoms with E-state index in [0.29, 0.717) is 16.7 Å². The average molecular weight is 426 g/mol. The van der Waals surface area contributed by atoms with Gasteiger partial charge in [-0.1, -0.05) is 81.0 Å². The van der Waals surface area contributed by atoms with Crippen LogP contribution >= 0.6 is 0 Å². The Bertz CT molecular complexity index is 1040. The summed E-state index contributed by atoms with van der Waals surface area (Å²) >= 11 is 0. The summed E-state index contributed by atoms with van der Waals surface area (Å²) in [5.74, 6) is -3.59. The largest absolute Gasteiger partial charge is 0.203 e. The molecule has 0 unspecified atom stereocenters. The molecule has 0 bridgehead atoms. The quantitative estimate of drug-likeness (QED) is 0.319. The zero-order valence-corrected chi connectivity index (χ0v) is 17.7. The van der Waals surface area contributed by atoms with Gasteiger partial charge in [0.2, 0.25) is 0 Å². The fourth-order valence-corrected chi connectivity index (χ4v) is 3.89. The van der Waals surface area contributed by atoms with Crippen LogP contribution in [0.5, 0.6) is 0 Å². The summed E-state index contributed by atoms with van der Waals surface area (Å²) in [6, 6.07) is 10.1. The number of allylic oxidation sites excluding steroid dienone is 5. The van der Waals surface area contributed by atoms with E-state index in [1.807, 2.05) is 0 Å². The van der Waals surface area contributed by atoms with Crippen molar-refractivity contribution in [1.29, 1.82) is 0 Å². The van der Waals surface area contributed by atoms with Crippen molar-refractivity contribution < 1.29 is 17.6 Å². The Hall–Kier alpha value is -2.88. The third-order valence-electron chi connectivity index (χ3n) is 5.71. The first kappa shape index (κ1) is 22.8. The Morgan fingerprint density at radius 1 is 0.871 bits per heavy atom. The third kappa shape index (κ3) is 5.25. The fraction of sp³-hybridized carbons (Fsp3) is 0.259. The van der Waals surface area contributed by atoms with Crippen molar-refractivity contribution in [2.75, 3.05) is 0 Å². The lowest BCUT2D eigenvalue weighted by Crippen LogP contribution is -2.08. The van der Waals surface area contributed by atoms with Gasteiger partial charge >= 0.3 is 0 Å². The maximum Gasteiger partial charge on any atom is 0.166 e. The normalized spacial score (nSPS) is 15.8. The molecule has 1 fully saturated rings. The van der Waals surface area contributed by atoms with Crippen LogP contribution in [0.4, 0.5) is 17.6 Å². The number of benzene rings is 2. The highest BCUT2D eigenvalue weighted by Gasteiger charge is 2.22. The Morgan fingerprint density at radius 3 is 2.13 bits per heavy atom. The van der Waals surface area contributed by atoms with E-state index in [0.717, 1.165) is 32.1 Å². The van der Waals surface area contributed by atoms with Crippen LogP contribution in [0.1, 0.15) is 56.1 Å². The highest BCUT2D eigenvalue weighted by Crippen LogP contribution is 2.37. The molecule has 162 valence electrons. The van der Waals surface area contributed by atoms with E-state index in [1.54, 1.807) is 42.5 Å². The summed E-state index contributed by atoms with van der Waals surface area (Å²) in [7, 11) is 0. The van der Waals surface area contributed by atoms with Crippen LogP contribution in [0.25, 0.3) is 17.2 Å². The van der Waals surface area contributed by atoms with Gasteiger partial charge in [-0.2, -0.15) is 0 Å². The molecule has 0 atom stereocenters. The van der Waals surface area contributed by atoms with Crippen molar-refractivity contribution in [2.24, 2.45) is 0 Å². The molecule has 0 saturated heterocycles. The van der Waals surface area contributed by atoms with Gasteiger partial charge in [-0.3, -0.25) is 0 Å². The molecule has 2 aromatic rings. The molecule has 0 aliphatic heterocycles. The van der Waals surface area contributed by atoms with Crippen molar-refractivity contribution in [3.63, 3.8) is 0 Å². The van der Waals surface area contributed by atoms with E-state index in [4.69, 9.17) is 0 Å². The maximum absolute atomic E-state index is 14.8. The Balaban J connectivity index is 1.78. The molecule has 1 aliphatic carbocycles. The number of halogens is 4. The zero-order valence-electron chi connectivity index (χ0n) is 17.7. The lowest BCUT2D eigenvalue weighted by molar-refractivity contribution is 0.418. The molecule has 3 rings (SSSR count). The van der Waals surface area contributed by atoms with Gasteiger partial charge in [-0.25, -0.2) is 17.6 Å². The molecule has 1 aliphatic rings. The lowest BCUT2D eigenvalue weighted by atomic mass is 9.83. The smallest absolute Gasteiger partial charge is 0.166 e. The van der Waals surface area contributed by atoms with Crippen LogP contribution in [0, 0.1) is 11.6 Å². The van der Waals surface area contributed by atoms with Crippen molar-refractivity contribution >= 4 is 6.08 Å². The molecule has 1 saturated carbocycles. The van der Waals surface area contributed by atoms with Crippen LogP contribution in [0.15, 0.2) is 78.4 Å². The molecule has 31 heavy (non-hydrogen) atoms. The Morgan fingerprint density at radius 2 is 1.52 bits per heavy atom. The van der Waals surface area contributed by atoms with Crippen LogP contribution in [-0.2, 0) is 0 Å². The van der Waals surface area contributed by atoms with Gasteiger partial charge in [-0.15, -0.1) is 0 Å². The topological polar surface area (TPSA) is 0 Å². The summed E-state index contributed by atoms with van der Waals surface area (Å²) in [6.07, 6.45) is 7.97. The minimum Gasteiger partial charge on any atom is -0.203 e. The van der Waals surface area contributed by atoms with Crippen molar-refractivity contribution in [3.05, 3.63) is 101 Å². The molecule has 0 amide bonds. The van der Waals surface area contributed by atoms with E-state index >= 15 is 0 Å². The first-order chi connectivity index (χ1) is 14.8. The van der Waals surface area contributed by atoms with E-state index in [-0.39, 0.29) is 22.6 Å².